The third-order valence-corrected chi connectivity index (χ3v) is 1.56. The van der Waals surface area contributed by atoms with Crippen LogP contribution in [0.15, 0.2) is 9.59 Å². The van der Waals surface area contributed by atoms with Crippen molar-refractivity contribution < 1.29 is 0 Å². The first-order valence-corrected chi connectivity index (χ1v) is 3.78. The lowest BCUT2D eigenvalue weighted by atomic mass is 10.2. The van der Waals surface area contributed by atoms with Gasteiger partial charge in [-0.2, -0.15) is 0 Å². The van der Waals surface area contributed by atoms with E-state index in [1.165, 1.54) is 11.9 Å². The summed E-state index contributed by atoms with van der Waals surface area (Å²) >= 11 is 1.23. The quantitative estimate of drug-likeness (QED) is 0.450. The van der Waals surface area contributed by atoms with Gasteiger partial charge in [-0.3, -0.25) is 9.59 Å². The normalized spacial score (nSPS) is 10.1. The summed E-state index contributed by atoms with van der Waals surface area (Å²) in [5.41, 5.74) is 4.34. The second-order valence-electron chi connectivity index (χ2n) is 1.75. The first kappa shape index (κ1) is 7.14. The predicted octanol–water partition coefficient (Wildman–Crippen LogP) is -0.445. The molecule has 10 heavy (non-hydrogen) atoms. The lowest BCUT2D eigenvalue weighted by molar-refractivity contribution is 1.43. The van der Waals surface area contributed by atoms with Gasteiger partial charge in [-0.15, -0.1) is 0 Å². The van der Waals surface area contributed by atoms with Crippen LogP contribution in [0.2, 0.25) is 0 Å². The molecule has 0 saturated heterocycles. The zero-order chi connectivity index (χ0) is 7.72. The lowest BCUT2D eigenvalue weighted by Crippen LogP contribution is -2.35. The SMILES string of the molecule is CSNc1c(N)c(=O)c1=O. The van der Waals surface area contributed by atoms with Crippen molar-refractivity contribution in [1.82, 2.24) is 0 Å². The topological polar surface area (TPSA) is 72.2 Å². The third-order valence-electron chi connectivity index (χ3n) is 1.15. The second-order valence-corrected chi connectivity index (χ2v) is 2.37. The van der Waals surface area contributed by atoms with E-state index in [-0.39, 0.29) is 11.4 Å². The fraction of sp³-hybridized carbons (Fsp3) is 0.200. The predicted molar refractivity (Wildman–Crippen MR) is 42.9 cm³/mol. The van der Waals surface area contributed by atoms with Crippen molar-refractivity contribution in [2.24, 2.45) is 0 Å². The Kier molecular flexibility index (Phi) is 1.67. The molecule has 0 aliphatic rings. The van der Waals surface area contributed by atoms with Crippen LogP contribution >= 0.6 is 11.9 Å². The molecule has 1 aromatic carbocycles. The summed E-state index contributed by atoms with van der Waals surface area (Å²) in [6, 6.07) is 0. The molecule has 0 radical (unpaired) electrons. The average molecular weight is 158 g/mol. The number of nitrogens with two attached hydrogens (primary N) is 1. The Morgan fingerprint density at radius 3 is 2.40 bits per heavy atom. The second kappa shape index (κ2) is 2.34. The van der Waals surface area contributed by atoms with Gasteiger partial charge in [0.1, 0.15) is 11.4 Å². The highest BCUT2D eigenvalue weighted by atomic mass is 32.2. The number of rotatable bonds is 2. The standard InChI is InChI=1S/C5H6N2O2S/c1-10-7-3-2(6)4(8)5(3)9/h7H,6H2,1H3. The summed E-state index contributed by atoms with van der Waals surface area (Å²) in [5, 5.41) is 0. The van der Waals surface area contributed by atoms with Crippen LogP contribution in [-0.2, 0) is 0 Å². The van der Waals surface area contributed by atoms with Crippen molar-refractivity contribution in [2.45, 2.75) is 0 Å². The van der Waals surface area contributed by atoms with Crippen LogP contribution in [0.5, 0.6) is 0 Å². The van der Waals surface area contributed by atoms with Crippen molar-refractivity contribution in [3.05, 3.63) is 20.4 Å². The van der Waals surface area contributed by atoms with Gasteiger partial charge in [-0.1, -0.05) is 11.9 Å². The molecule has 0 saturated carbocycles. The van der Waals surface area contributed by atoms with Crippen LogP contribution in [0.4, 0.5) is 11.4 Å². The van der Waals surface area contributed by atoms with E-state index in [4.69, 9.17) is 5.73 Å². The first-order valence-electron chi connectivity index (χ1n) is 2.56. The Morgan fingerprint density at radius 1 is 1.40 bits per heavy atom. The highest BCUT2D eigenvalue weighted by Gasteiger charge is 2.16. The van der Waals surface area contributed by atoms with Crippen molar-refractivity contribution >= 4 is 23.3 Å². The summed E-state index contributed by atoms with van der Waals surface area (Å²) in [5.74, 6) is 0. The molecule has 0 atom stereocenters. The molecular weight excluding hydrogens is 152 g/mol. The highest BCUT2D eigenvalue weighted by molar-refractivity contribution is 7.99. The molecule has 0 aliphatic heterocycles. The molecule has 0 amide bonds. The van der Waals surface area contributed by atoms with Gasteiger partial charge < -0.3 is 10.5 Å². The van der Waals surface area contributed by atoms with Gasteiger partial charge in [0.15, 0.2) is 0 Å². The van der Waals surface area contributed by atoms with Crippen LogP contribution in [0.25, 0.3) is 0 Å². The van der Waals surface area contributed by atoms with Gasteiger partial charge in [-0.05, 0) is 0 Å². The zero-order valence-corrected chi connectivity index (χ0v) is 6.12. The fourth-order valence-corrected chi connectivity index (χ4v) is 1.02. The Hall–Kier alpha value is -0.970. The maximum absolute atomic E-state index is 10.6. The minimum absolute atomic E-state index is 0.0411. The fourth-order valence-electron chi connectivity index (χ4n) is 0.613. The van der Waals surface area contributed by atoms with E-state index in [2.05, 4.69) is 4.72 Å². The van der Waals surface area contributed by atoms with Crippen molar-refractivity contribution in [1.29, 1.82) is 0 Å². The van der Waals surface area contributed by atoms with Gasteiger partial charge in [-0.25, -0.2) is 0 Å². The first-order chi connectivity index (χ1) is 4.68. The van der Waals surface area contributed by atoms with Gasteiger partial charge >= 0.3 is 0 Å². The monoisotopic (exact) mass is 158 g/mol. The molecule has 5 heteroatoms. The zero-order valence-electron chi connectivity index (χ0n) is 5.30. The van der Waals surface area contributed by atoms with E-state index in [0.717, 1.165) is 0 Å². The van der Waals surface area contributed by atoms with E-state index in [0.29, 0.717) is 0 Å². The number of anilines is 2. The molecule has 0 bridgehead atoms. The minimum Gasteiger partial charge on any atom is -0.394 e. The third kappa shape index (κ3) is 0.786. The number of hydrogen-bond acceptors (Lipinski definition) is 5. The Labute approximate surface area is 61.2 Å². The van der Waals surface area contributed by atoms with Crippen LogP contribution in [0, 0.1) is 0 Å². The van der Waals surface area contributed by atoms with E-state index in [9.17, 15) is 9.59 Å². The molecule has 0 fully saturated rings. The van der Waals surface area contributed by atoms with E-state index < -0.39 is 10.9 Å². The minimum atomic E-state index is -0.587. The molecule has 0 aromatic heterocycles. The average Bonchev–Trinajstić information content (AvgIpc) is 1.98. The summed E-state index contributed by atoms with van der Waals surface area (Å²) < 4.78 is 2.61. The molecule has 54 valence electrons. The molecule has 4 nitrogen and oxygen atoms in total. The van der Waals surface area contributed by atoms with Gasteiger partial charge in [0, 0.05) is 6.26 Å². The molecule has 1 rings (SSSR count). The molecule has 0 unspecified atom stereocenters. The molecule has 0 heterocycles. The molecule has 0 aliphatic carbocycles. The van der Waals surface area contributed by atoms with Crippen molar-refractivity contribution in [2.75, 3.05) is 16.7 Å². The van der Waals surface area contributed by atoms with Crippen LogP contribution in [0.3, 0.4) is 0 Å². The number of nitrogens with one attached hydrogen (secondary N) is 1. The molecule has 0 spiro atoms. The van der Waals surface area contributed by atoms with E-state index >= 15 is 0 Å². The van der Waals surface area contributed by atoms with Gasteiger partial charge in [0.2, 0.25) is 0 Å². The Morgan fingerprint density at radius 2 is 2.00 bits per heavy atom. The molecular formula is C5H6N2O2S. The van der Waals surface area contributed by atoms with E-state index in [1.54, 1.807) is 6.26 Å². The summed E-state index contributed by atoms with van der Waals surface area (Å²) in [6.07, 6.45) is 1.75. The van der Waals surface area contributed by atoms with Crippen LogP contribution in [0.1, 0.15) is 0 Å². The molecule has 3 N–H and O–H groups in total. The van der Waals surface area contributed by atoms with Gasteiger partial charge in [0.05, 0.1) is 0 Å². The smallest absolute Gasteiger partial charge is 0.254 e. The summed E-state index contributed by atoms with van der Waals surface area (Å²) in [7, 11) is 0. The van der Waals surface area contributed by atoms with Gasteiger partial charge in [0.25, 0.3) is 10.9 Å². The maximum Gasteiger partial charge on any atom is 0.254 e. The Bertz CT molecular complexity index is 313. The van der Waals surface area contributed by atoms with Crippen LogP contribution in [-0.4, -0.2) is 6.26 Å². The number of hydrogen-bond donors (Lipinski definition) is 2. The van der Waals surface area contributed by atoms with Crippen LogP contribution < -0.4 is 21.3 Å². The molecule has 1 aromatic rings. The Balaban J connectivity index is 2.99. The van der Waals surface area contributed by atoms with Crippen molar-refractivity contribution in [3.63, 3.8) is 0 Å². The largest absolute Gasteiger partial charge is 0.394 e. The maximum atomic E-state index is 10.6. The summed E-state index contributed by atoms with van der Waals surface area (Å²) in [4.78, 5) is 21.1. The van der Waals surface area contributed by atoms with Crippen molar-refractivity contribution in [3.8, 4) is 0 Å². The van der Waals surface area contributed by atoms with E-state index in [1.807, 2.05) is 0 Å². The summed E-state index contributed by atoms with van der Waals surface area (Å²) in [6.45, 7) is 0. The lowest BCUT2D eigenvalue weighted by Gasteiger charge is -2.04. The highest BCUT2D eigenvalue weighted by Crippen LogP contribution is 2.11. The number of nitrogen functional groups attached to an aromatic ring is 1.